The summed E-state index contributed by atoms with van der Waals surface area (Å²) in [7, 11) is 0. The van der Waals surface area contributed by atoms with Gasteiger partial charge in [-0.3, -0.25) is 0 Å². The molecule has 4 rings (SSSR count). The van der Waals surface area contributed by atoms with Crippen molar-refractivity contribution in [2.75, 3.05) is 0 Å². The molecular weight excluding hydrogens is 466 g/mol. The topological polar surface area (TPSA) is 9.23 Å². The Morgan fingerprint density at radius 2 is 1.40 bits per heavy atom. The smallest absolute Gasteiger partial charge is 0.399 e. The number of unbranched alkanes of at least 4 members (excludes halogenated alkanes) is 2. The summed E-state index contributed by atoms with van der Waals surface area (Å²) in [5.74, 6) is -5.03. The van der Waals surface area contributed by atoms with E-state index < -0.39 is 29.6 Å². The Labute approximate surface area is 199 Å². The van der Waals surface area contributed by atoms with Crippen LogP contribution >= 0.6 is 0 Å². The third-order valence-electron chi connectivity index (χ3n) is 5.84. The molecule has 0 heterocycles. The highest BCUT2D eigenvalue weighted by Crippen LogP contribution is 2.36. The van der Waals surface area contributed by atoms with E-state index in [4.69, 9.17) is 0 Å². The van der Waals surface area contributed by atoms with Gasteiger partial charge in [0, 0.05) is 10.9 Å². The van der Waals surface area contributed by atoms with Gasteiger partial charge < -0.3 is 4.74 Å². The van der Waals surface area contributed by atoms with Crippen LogP contribution < -0.4 is 4.74 Å². The summed E-state index contributed by atoms with van der Waals surface area (Å²) in [6.07, 6.45) is -0.803. The van der Waals surface area contributed by atoms with Crippen LogP contribution in [0.5, 0.6) is 5.75 Å². The molecule has 0 N–H and O–H groups in total. The molecule has 35 heavy (non-hydrogen) atoms. The zero-order valence-corrected chi connectivity index (χ0v) is 18.9. The lowest BCUT2D eigenvalue weighted by Gasteiger charge is -2.13. The van der Waals surface area contributed by atoms with Crippen molar-refractivity contribution in [2.45, 2.75) is 39.0 Å². The van der Waals surface area contributed by atoms with E-state index in [1.807, 2.05) is 24.3 Å². The lowest BCUT2D eigenvalue weighted by atomic mass is 9.96. The van der Waals surface area contributed by atoms with Gasteiger partial charge >= 0.3 is 6.36 Å². The van der Waals surface area contributed by atoms with E-state index in [0.29, 0.717) is 11.1 Å². The van der Waals surface area contributed by atoms with Crippen LogP contribution in [0.1, 0.15) is 31.7 Å². The molecule has 4 aromatic rings. The monoisotopic (exact) mass is 488 g/mol. The standard InChI is InChI=1S/C28H22F6O/c1-2-3-4-5-17-6-8-18(9-7-17)19-10-12-22(24(29)15-19)20-11-13-23-21(14-20)16-25(30)27(26(23)31)35-28(32,33)34/h6-16H,2-5H2,1H3. The second-order valence-electron chi connectivity index (χ2n) is 8.33. The Morgan fingerprint density at radius 1 is 0.714 bits per heavy atom. The number of hydrogen-bond acceptors (Lipinski definition) is 1. The van der Waals surface area contributed by atoms with Gasteiger partial charge in [-0.2, -0.15) is 0 Å². The first kappa shape index (κ1) is 24.6. The minimum Gasteiger partial charge on any atom is -0.399 e. The van der Waals surface area contributed by atoms with Crippen LogP contribution in [-0.2, 0) is 6.42 Å². The van der Waals surface area contributed by atoms with Gasteiger partial charge in [-0.15, -0.1) is 13.2 Å². The van der Waals surface area contributed by atoms with Gasteiger partial charge in [0.1, 0.15) is 5.82 Å². The third kappa shape index (κ3) is 5.61. The first-order valence-corrected chi connectivity index (χ1v) is 11.2. The molecule has 1 nitrogen and oxygen atoms in total. The van der Waals surface area contributed by atoms with Crippen LogP contribution in [-0.4, -0.2) is 6.36 Å². The van der Waals surface area contributed by atoms with E-state index in [2.05, 4.69) is 11.7 Å². The summed E-state index contributed by atoms with van der Waals surface area (Å²) < 4.78 is 84.6. The van der Waals surface area contributed by atoms with Gasteiger partial charge in [-0.25, -0.2) is 13.2 Å². The molecule has 0 saturated heterocycles. The summed E-state index contributed by atoms with van der Waals surface area (Å²) in [6.45, 7) is 2.15. The number of alkyl halides is 3. The minimum atomic E-state index is -5.24. The molecule has 0 aromatic heterocycles. The van der Waals surface area contributed by atoms with E-state index in [9.17, 15) is 22.0 Å². The second-order valence-corrected chi connectivity index (χ2v) is 8.33. The van der Waals surface area contributed by atoms with Crippen molar-refractivity contribution in [1.29, 1.82) is 0 Å². The Balaban J connectivity index is 1.62. The Bertz CT molecular complexity index is 1340. The van der Waals surface area contributed by atoms with Crippen molar-refractivity contribution in [2.24, 2.45) is 0 Å². The summed E-state index contributed by atoms with van der Waals surface area (Å²) >= 11 is 0. The van der Waals surface area contributed by atoms with Crippen LogP contribution in [0.3, 0.4) is 0 Å². The van der Waals surface area contributed by atoms with Crippen molar-refractivity contribution in [3.63, 3.8) is 0 Å². The average Bonchev–Trinajstić information content (AvgIpc) is 2.81. The summed E-state index contributed by atoms with van der Waals surface area (Å²) in [5.41, 5.74) is 3.28. The van der Waals surface area contributed by atoms with Gasteiger partial charge in [0.05, 0.1) is 0 Å². The number of ether oxygens (including phenoxy) is 1. The summed E-state index contributed by atoms with van der Waals surface area (Å²) in [5, 5.41) is -0.292. The van der Waals surface area contributed by atoms with Crippen LogP contribution in [0.2, 0.25) is 0 Å². The number of benzene rings is 4. The zero-order valence-electron chi connectivity index (χ0n) is 18.9. The van der Waals surface area contributed by atoms with Crippen LogP contribution in [0.4, 0.5) is 26.3 Å². The molecule has 7 heteroatoms. The van der Waals surface area contributed by atoms with E-state index in [1.54, 1.807) is 12.1 Å². The molecule has 0 radical (unpaired) electrons. The van der Waals surface area contributed by atoms with Crippen molar-refractivity contribution >= 4 is 10.8 Å². The number of fused-ring (bicyclic) bond motifs is 1. The van der Waals surface area contributed by atoms with Crippen molar-refractivity contribution in [1.82, 2.24) is 0 Å². The molecule has 0 fully saturated rings. The van der Waals surface area contributed by atoms with Crippen LogP contribution in [0.15, 0.2) is 66.7 Å². The molecule has 0 aliphatic rings. The Kier molecular flexibility index (Phi) is 7.05. The highest BCUT2D eigenvalue weighted by atomic mass is 19.4. The highest BCUT2D eigenvalue weighted by molar-refractivity contribution is 5.89. The molecular formula is C28H22F6O. The molecule has 0 spiro atoms. The number of rotatable bonds is 7. The molecule has 0 saturated carbocycles. The average molecular weight is 488 g/mol. The fraction of sp³-hybridized carbons (Fsp3) is 0.214. The van der Waals surface area contributed by atoms with E-state index in [1.165, 1.54) is 36.2 Å². The fourth-order valence-corrected chi connectivity index (χ4v) is 4.06. The lowest BCUT2D eigenvalue weighted by molar-refractivity contribution is -0.276. The third-order valence-corrected chi connectivity index (χ3v) is 5.84. The van der Waals surface area contributed by atoms with Gasteiger partial charge in [-0.1, -0.05) is 68.3 Å². The molecule has 0 unspecified atom stereocenters. The van der Waals surface area contributed by atoms with Crippen molar-refractivity contribution in [3.8, 4) is 28.0 Å². The Hall–Kier alpha value is -3.48. The Morgan fingerprint density at radius 3 is 2.06 bits per heavy atom. The molecule has 0 atom stereocenters. The molecule has 0 aliphatic heterocycles. The second kappa shape index (κ2) is 10.0. The molecule has 0 bridgehead atoms. The van der Waals surface area contributed by atoms with E-state index >= 15 is 4.39 Å². The first-order chi connectivity index (χ1) is 16.7. The van der Waals surface area contributed by atoms with Gasteiger partial charge in [0.25, 0.3) is 0 Å². The zero-order chi connectivity index (χ0) is 25.2. The molecule has 4 aromatic carbocycles. The summed E-state index contributed by atoms with van der Waals surface area (Å²) in [6, 6.07) is 17.2. The highest BCUT2D eigenvalue weighted by Gasteiger charge is 2.34. The SMILES string of the molecule is CCCCCc1ccc(-c2ccc(-c3ccc4c(F)c(OC(F)(F)F)c(F)cc4c3)c(F)c2)cc1. The normalized spacial score (nSPS) is 11.7. The molecule has 0 amide bonds. The van der Waals surface area contributed by atoms with E-state index in [0.717, 1.165) is 30.9 Å². The predicted molar refractivity (Wildman–Crippen MR) is 125 cm³/mol. The van der Waals surface area contributed by atoms with Crippen molar-refractivity contribution < 1.29 is 31.1 Å². The predicted octanol–water partition coefficient (Wildman–Crippen LogP) is 9.22. The quantitative estimate of drug-likeness (QED) is 0.186. The number of hydrogen-bond donors (Lipinski definition) is 0. The summed E-state index contributed by atoms with van der Waals surface area (Å²) in [4.78, 5) is 0. The molecule has 182 valence electrons. The first-order valence-electron chi connectivity index (χ1n) is 11.2. The largest absolute Gasteiger partial charge is 0.573 e. The minimum absolute atomic E-state index is 0.0193. The number of halogens is 6. The van der Waals surface area contributed by atoms with Gasteiger partial charge in [0.15, 0.2) is 11.6 Å². The van der Waals surface area contributed by atoms with Crippen LogP contribution in [0, 0.1) is 17.5 Å². The maximum absolute atomic E-state index is 15.0. The maximum atomic E-state index is 15.0. The number of aryl methyl sites for hydroxylation is 1. The molecule has 0 aliphatic carbocycles. The van der Waals surface area contributed by atoms with Crippen LogP contribution in [0.25, 0.3) is 33.0 Å². The van der Waals surface area contributed by atoms with Crippen molar-refractivity contribution in [3.05, 3.63) is 89.7 Å². The van der Waals surface area contributed by atoms with Gasteiger partial charge in [0.2, 0.25) is 5.75 Å². The van der Waals surface area contributed by atoms with E-state index in [-0.39, 0.29) is 16.3 Å². The maximum Gasteiger partial charge on any atom is 0.573 e. The fourth-order valence-electron chi connectivity index (χ4n) is 4.06. The lowest BCUT2D eigenvalue weighted by Crippen LogP contribution is -2.19. The van der Waals surface area contributed by atoms with Gasteiger partial charge in [-0.05, 0) is 58.7 Å².